The van der Waals surface area contributed by atoms with Crippen LogP contribution in [0.15, 0.2) is 22.4 Å². The fourth-order valence-electron chi connectivity index (χ4n) is 2.70. The van der Waals surface area contributed by atoms with E-state index >= 15 is 0 Å². The molecule has 1 aliphatic heterocycles. The van der Waals surface area contributed by atoms with Gasteiger partial charge in [-0.15, -0.1) is 10.2 Å². The number of nitrogens with zero attached hydrogens (tertiary/aromatic N) is 3. The number of rotatable bonds is 6. The lowest BCUT2D eigenvalue weighted by molar-refractivity contribution is -0.121. The second kappa shape index (κ2) is 7.32. The van der Waals surface area contributed by atoms with Crippen molar-refractivity contribution in [2.45, 2.75) is 6.04 Å². The summed E-state index contributed by atoms with van der Waals surface area (Å²) in [5, 5.41) is 18.9. The topological polar surface area (TPSA) is 94.6 Å². The van der Waals surface area contributed by atoms with Gasteiger partial charge in [0.15, 0.2) is 17.2 Å². The van der Waals surface area contributed by atoms with Crippen molar-refractivity contribution in [1.29, 1.82) is 0 Å². The number of azo groups is 1. The zero-order valence-electron chi connectivity index (χ0n) is 14.2. The Hall–Kier alpha value is -2.26. The van der Waals surface area contributed by atoms with Gasteiger partial charge in [0.1, 0.15) is 6.61 Å². The maximum absolute atomic E-state index is 11.6. The lowest BCUT2D eigenvalue weighted by Crippen LogP contribution is -2.22. The molecule has 0 spiro atoms. The van der Waals surface area contributed by atoms with Crippen molar-refractivity contribution in [3.05, 3.63) is 12.1 Å². The summed E-state index contributed by atoms with van der Waals surface area (Å²) in [5.74, 6) is 2.30. The minimum absolute atomic E-state index is 0.0235. The molecule has 1 aromatic carbocycles. The van der Waals surface area contributed by atoms with E-state index in [4.69, 9.17) is 14.2 Å². The zero-order chi connectivity index (χ0) is 18.0. The van der Waals surface area contributed by atoms with Crippen LogP contribution in [0.3, 0.4) is 0 Å². The summed E-state index contributed by atoms with van der Waals surface area (Å²) in [5.41, 5.74) is 0.992. The SMILES string of the molecule is COCC(=O)N=Nc1c(O)n(C2CSC2)c2cc(OC)c(OC)cc12. The van der Waals surface area contributed by atoms with E-state index in [1.807, 2.05) is 4.57 Å². The Kier molecular flexibility index (Phi) is 5.14. The summed E-state index contributed by atoms with van der Waals surface area (Å²) < 4.78 is 17.2. The van der Waals surface area contributed by atoms with Crippen LogP contribution in [0, 0.1) is 0 Å². The molecule has 1 saturated heterocycles. The number of ether oxygens (including phenoxy) is 3. The number of carbonyl (C=O) groups excluding carboxylic acids is 1. The molecule has 0 bridgehead atoms. The van der Waals surface area contributed by atoms with E-state index < -0.39 is 5.91 Å². The second-order valence-electron chi connectivity index (χ2n) is 5.48. The van der Waals surface area contributed by atoms with Crippen molar-refractivity contribution in [3.8, 4) is 17.4 Å². The van der Waals surface area contributed by atoms with Crippen LogP contribution in [0.25, 0.3) is 10.9 Å². The van der Waals surface area contributed by atoms with E-state index in [1.54, 1.807) is 31.0 Å². The molecule has 1 amide bonds. The highest BCUT2D eigenvalue weighted by atomic mass is 32.2. The number of benzene rings is 1. The first-order valence-corrected chi connectivity index (χ1v) is 8.76. The number of aromatic nitrogens is 1. The molecule has 0 unspecified atom stereocenters. The number of methoxy groups -OCH3 is 3. The van der Waals surface area contributed by atoms with E-state index in [9.17, 15) is 9.90 Å². The maximum Gasteiger partial charge on any atom is 0.290 e. The van der Waals surface area contributed by atoms with Gasteiger partial charge in [-0.25, -0.2) is 0 Å². The lowest BCUT2D eigenvalue weighted by Gasteiger charge is -2.28. The fourth-order valence-corrected chi connectivity index (χ4v) is 3.45. The standard InChI is InChI=1S/C16H19N3O5S/c1-22-6-14(20)17-18-15-10-4-12(23-2)13(24-3)5-11(10)19(16(15)21)9-7-25-8-9/h4-5,9,21H,6-8H2,1-3H3. The van der Waals surface area contributed by atoms with E-state index in [1.165, 1.54) is 14.2 Å². The van der Waals surface area contributed by atoms with Crippen LogP contribution >= 0.6 is 11.8 Å². The highest BCUT2D eigenvalue weighted by molar-refractivity contribution is 8.00. The Labute approximate surface area is 148 Å². The van der Waals surface area contributed by atoms with Crippen LogP contribution in [0.5, 0.6) is 17.4 Å². The number of thioether (sulfide) groups is 1. The third-order valence-electron chi connectivity index (χ3n) is 3.97. The highest BCUT2D eigenvalue weighted by Crippen LogP contribution is 2.47. The van der Waals surface area contributed by atoms with Crippen molar-refractivity contribution in [1.82, 2.24) is 4.57 Å². The molecule has 0 atom stereocenters. The molecule has 0 aliphatic carbocycles. The number of hydrogen-bond donors (Lipinski definition) is 1. The third kappa shape index (κ3) is 3.16. The average Bonchev–Trinajstić information content (AvgIpc) is 2.82. The first-order chi connectivity index (χ1) is 12.1. The molecule has 1 aromatic heterocycles. The molecule has 1 fully saturated rings. The number of hydrogen-bond acceptors (Lipinski definition) is 7. The summed E-state index contributed by atoms with van der Waals surface area (Å²) in [6.45, 7) is -0.167. The normalized spacial score (nSPS) is 14.8. The Balaban J connectivity index is 2.17. The van der Waals surface area contributed by atoms with Crippen LogP contribution in [-0.2, 0) is 9.53 Å². The van der Waals surface area contributed by atoms with Crippen molar-refractivity contribution >= 4 is 34.3 Å². The van der Waals surface area contributed by atoms with Gasteiger partial charge < -0.3 is 23.9 Å². The number of fused-ring (bicyclic) bond motifs is 1. The largest absolute Gasteiger partial charge is 0.493 e. The molecule has 9 heteroatoms. The monoisotopic (exact) mass is 365 g/mol. The summed E-state index contributed by atoms with van der Waals surface area (Å²) in [4.78, 5) is 11.6. The minimum Gasteiger partial charge on any atom is -0.493 e. The van der Waals surface area contributed by atoms with Gasteiger partial charge in [-0.2, -0.15) is 11.8 Å². The van der Waals surface area contributed by atoms with Crippen molar-refractivity contribution in [3.63, 3.8) is 0 Å². The maximum atomic E-state index is 11.6. The smallest absolute Gasteiger partial charge is 0.290 e. The van der Waals surface area contributed by atoms with E-state index in [2.05, 4.69) is 10.2 Å². The number of amides is 1. The van der Waals surface area contributed by atoms with Crippen molar-refractivity contribution < 1.29 is 24.1 Å². The van der Waals surface area contributed by atoms with Crippen molar-refractivity contribution in [2.75, 3.05) is 39.4 Å². The molecular weight excluding hydrogens is 346 g/mol. The first-order valence-electron chi connectivity index (χ1n) is 7.60. The quantitative estimate of drug-likeness (QED) is 0.791. The Morgan fingerprint density at radius 2 is 1.96 bits per heavy atom. The van der Waals surface area contributed by atoms with Gasteiger partial charge >= 0.3 is 0 Å². The third-order valence-corrected chi connectivity index (χ3v) is 5.21. The Morgan fingerprint density at radius 3 is 2.52 bits per heavy atom. The fraction of sp³-hybridized carbons (Fsp3) is 0.438. The Bertz CT molecular complexity index is 829. The van der Waals surface area contributed by atoms with Gasteiger partial charge in [-0.1, -0.05) is 0 Å². The molecule has 2 aromatic rings. The Morgan fingerprint density at radius 1 is 1.28 bits per heavy atom. The summed E-state index contributed by atoms with van der Waals surface area (Å²) in [7, 11) is 4.49. The zero-order valence-corrected chi connectivity index (χ0v) is 15.0. The van der Waals surface area contributed by atoms with Crippen LogP contribution in [0.1, 0.15) is 6.04 Å². The molecule has 0 radical (unpaired) electrons. The summed E-state index contributed by atoms with van der Waals surface area (Å²) >= 11 is 1.80. The van der Waals surface area contributed by atoms with Crippen LogP contribution in [0.4, 0.5) is 5.69 Å². The second-order valence-corrected chi connectivity index (χ2v) is 6.56. The van der Waals surface area contributed by atoms with Gasteiger partial charge in [0.05, 0.1) is 25.8 Å². The highest BCUT2D eigenvalue weighted by Gasteiger charge is 2.28. The van der Waals surface area contributed by atoms with E-state index in [0.717, 1.165) is 17.0 Å². The summed E-state index contributed by atoms with van der Waals surface area (Å²) in [6, 6.07) is 3.68. The molecule has 3 rings (SSSR count). The van der Waals surface area contributed by atoms with E-state index in [-0.39, 0.29) is 24.2 Å². The van der Waals surface area contributed by atoms with Gasteiger partial charge in [0, 0.05) is 30.1 Å². The molecule has 1 N–H and O–H groups in total. The van der Waals surface area contributed by atoms with Crippen LogP contribution in [0.2, 0.25) is 0 Å². The lowest BCUT2D eigenvalue weighted by atomic mass is 10.2. The van der Waals surface area contributed by atoms with Gasteiger partial charge in [0.25, 0.3) is 5.91 Å². The molecule has 2 heterocycles. The van der Waals surface area contributed by atoms with Gasteiger partial charge in [-0.3, -0.25) is 4.79 Å². The molecule has 8 nitrogen and oxygen atoms in total. The molecule has 1 aliphatic rings. The average molecular weight is 365 g/mol. The van der Waals surface area contributed by atoms with Crippen molar-refractivity contribution in [2.24, 2.45) is 10.2 Å². The first kappa shape index (κ1) is 17.6. The summed E-state index contributed by atoms with van der Waals surface area (Å²) in [6.07, 6.45) is 0. The van der Waals surface area contributed by atoms with Crippen LogP contribution < -0.4 is 9.47 Å². The molecule has 134 valence electrons. The molecule has 0 saturated carbocycles. The predicted molar refractivity (Wildman–Crippen MR) is 94.5 cm³/mol. The van der Waals surface area contributed by atoms with Crippen LogP contribution in [-0.4, -0.2) is 55.0 Å². The van der Waals surface area contributed by atoms with E-state index in [0.29, 0.717) is 16.9 Å². The molecule has 25 heavy (non-hydrogen) atoms. The molecular formula is C16H19N3O5S. The number of carbonyl (C=O) groups is 1. The number of aromatic hydroxyl groups is 1. The minimum atomic E-state index is -0.525. The van der Waals surface area contributed by atoms with Gasteiger partial charge in [0.2, 0.25) is 5.88 Å². The van der Waals surface area contributed by atoms with Gasteiger partial charge in [-0.05, 0) is 6.07 Å². The predicted octanol–water partition coefficient (Wildman–Crippen LogP) is 2.91.